The van der Waals surface area contributed by atoms with Crippen LogP contribution >= 0.6 is 0 Å². The van der Waals surface area contributed by atoms with E-state index in [0.717, 1.165) is 18.5 Å². The maximum Gasteiger partial charge on any atom is 0.410 e. The largest absolute Gasteiger partial charge is 0.462 e. The zero-order valence-electron chi connectivity index (χ0n) is 15.5. The number of nitrogens with zero attached hydrogens (tertiary/aromatic N) is 1. The summed E-state index contributed by atoms with van der Waals surface area (Å²) in [4.78, 5) is 25.9. The molecule has 0 atom stereocenters. The maximum absolute atomic E-state index is 12.1. The number of anilines is 1. The van der Waals surface area contributed by atoms with Crippen molar-refractivity contribution in [2.75, 3.05) is 25.0 Å². The van der Waals surface area contributed by atoms with Gasteiger partial charge in [0.05, 0.1) is 12.2 Å². The van der Waals surface area contributed by atoms with Gasteiger partial charge in [-0.15, -0.1) is 0 Å². The molecule has 0 spiro atoms. The smallest absolute Gasteiger partial charge is 0.410 e. The van der Waals surface area contributed by atoms with Crippen LogP contribution < -0.4 is 5.32 Å². The molecule has 1 aromatic carbocycles. The van der Waals surface area contributed by atoms with E-state index in [1.165, 1.54) is 0 Å². The van der Waals surface area contributed by atoms with E-state index in [2.05, 4.69) is 5.32 Å². The van der Waals surface area contributed by atoms with Gasteiger partial charge in [-0.05, 0) is 52.7 Å². The highest BCUT2D eigenvalue weighted by Crippen LogP contribution is 2.22. The number of hydrogen-bond acceptors (Lipinski definition) is 5. The minimum Gasteiger partial charge on any atom is -0.462 e. The fourth-order valence-electron chi connectivity index (χ4n) is 2.75. The van der Waals surface area contributed by atoms with E-state index < -0.39 is 5.60 Å². The minimum absolute atomic E-state index is 0.203. The number of esters is 1. The van der Waals surface area contributed by atoms with Gasteiger partial charge in [0.1, 0.15) is 5.60 Å². The molecule has 25 heavy (non-hydrogen) atoms. The molecule has 1 saturated heterocycles. The first-order valence-corrected chi connectivity index (χ1v) is 8.80. The third kappa shape index (κ3) is 5.66. The van der Waals surface area contributed by atoms with Crippen LogP contribution in [0.4, 0.5) is 10.5 Å². The van der Waals surface area contributed by atoms with Gasteiger partial charge < -0.3 is 19.7 Å². The van der Waals surface area contributed by atoms with Gasteiger partial charge in [0, 0.05) is 24.8 Å². The van der Waals surface area contributed by atoms with Crippen LogP contribution in [-0.4, -0.2) is 48.3 Å². The first kappa shape index (κ1) is 19.1. The number of ether oxygens (including phenoxy) is 2. The Morgan fingerprint density at radius 1 is 1.20 bits per heavy atom. The van der Waals surface area contributed by atoms with Gasteiger partial charge >= 0.3 is 12.1 Å². The number of benzene rings is 1. The van der Waals surface area contributed by atoms with E-state index >= 15 is 0 Å². The Morgan fingerprint density at radius 2 is 1.84 bits per heavy atom. The first-order chi connectivity index (χ1) is 11.8. The fraction of sp³-hybridized carbons (Fsp3) is 0.579. The van der Waals surface area contributed by atoms with Crippen molar-refractivity contribution in [2.45, 2.75) is 52.2 Å². The zero-order valence-corrected chi connectivity index (χ0v) is 15.5. The quantitative estimate of drug-likeness (QED) is 0.841. The molecule has 6 nitrogen and oxygen atoms in total. The molecule has 1 N–H and O–H groups in total. The number of rotatable bonds is 4. The van der Waals surface area contributed by atoms with Gasteiger partial charge in [-0.1, -0.05) is 12.1 Å². The molecule has 1 amide bonds. The molecule has 1 aliphatic rings. The summed E-state index contributed by atoms with van der Waals surface area (Å²) in [6.45, 7) is 9.01. The number of piperidine rings is 1. The Balaban J connectivity index is 1.92. The van der Waals surface area contributed by atoms with Crippen molar-refractivity contribution in [3.63, 3.8) is 0 Å². The summed E-state index contributed by atoms with van der Waals surface area (Å²) in [6, 6.07) is 7.56. The number of likely N-dealkylation sites (tertiary alicyclic amines) is 1. The first-order valence-electron chi connectivity index (χ1n) is 8.80. The monoisotopic (exact) mass is 348 g/mol. The van der Waals surface area contributed by atoms with Crippen LogP contribution in [0.1, 0.15) is 50.9 Å². The summed E-state index contributed by atoms with van der Waals surface area (Å²) in [6.07, 6.45) is 1.34. The topological polar surface area (TPSA) is 67.9 Å². The summed E-state index contributed by atoms with van der Waals surface area (Å²) in [5, 5.41) is 3.42. The highest BCUT2D eigenvalue weighted by Gasteiger charge is 2.27. The summed E-state index contributed by atoms with van der Waals surface area (Å²) in [7, 11) is 0. The number of para-hydroxylation sites is 1. The van der Waals surface area contributed by atoms with Crippen LogP contribution in [0.3, 0.4) is 0 Å². The van der Waals surface area contributed by atoms with Gasteiger partial charge in [-0.3, -0.25) is 0 Å². The average molecular weight is 348 g/mol. The molecule has 0 radical (unpaired) electrons. The molecule has 138 valence electrons. The molecule has 0 aromatic heterocycles. The second-order valence-electron chi connectivity index (χ2n) is 7.15. The molecule has 2 rings (SSSR count). The predicted octanol–water partition coefficient (Wildman–Crippen LogP) is 3.67. The predicted molar refractivity (Wildman–Crippen MR) is 96.9 cm³/mol. The number of carbonyl (C=O) groups is 2. The summed E-state index contributed by atoms with van der Waals surface area (Å²) >= 11 is 0. The SMILES string of the molecule is CCOC(=O)c1ccccc1NC1CCN(C(=O)OC(C)(C)C)CC1. The molecule has 0 bridgehead atoms. The van der Waals surface area contributed by atoms with Crippen LogP contribution in [-0.2, 0) is 9.47 Å². The molecule has 0 saturated carbocycles. The van der Waals surface area contributed by atoms with Gasteiger partial charge in [-0.25, -0.2) is 9.59 Å². The second-order valence-corrected chi connectivity index (χ2v) is 7.15. The summed E-state index contributed by atoms with van der Waals surface area (Å²) < 4.78 is 10.5. The van der Waals surface area contributed by atoms with Crippen LogP contribution in [0.2, 0.25) is 0 Å². The number of hydrogen-bond donors (Lipinski definition) is 1. The van der Waals surface area contributed by atoms with E-state index in [9.17, 15) is 9.59 Å². The summed E-state index contributed by atoms with van der Waals surface area (Å²) in [5.74, 6) is -0.322. The van der Waals surface area contributed by atoms with E-state index in [4.69, 9.17) is 9.47 Å². The zero-order chi connectivity index (χ0) is 18.4. The van der Waals surface area contributed by atoms with Crippen molar-refractivity contribution >= 4 is 17.7 Å². The van der Waals surface area contributed by atoms with Gasteiger partial charge in [-0.2, -0.15) is 0 Å². The van der Waals surface area contributed by atoms with Crippen molar-refractivity contribution in [1.29, 1.82) is 0 Å². The van der Waals surface area contributed by atoms with E-state index in [1.807, 2.05) is 39.0 Å². The Kier molecular flexibility index (Phi) is 6.28. The van der Waals surface area contributed by atoms with Crippen LogP contribution in [0.25, 0.3) is 0 Å². The van der Waals surface area contributed by atoms with Crippen LogP contribution in [0.15, 0.2) is 24.3 Å². The summed E-state index contributed by atoms with van der Waals surface area (Å²) in [5.41, 5.74) is 0.834. The Morgan fingerprint density at radius 3 is 2.44 bits per heavy atom. The van der Waals surface area contributed by atoms with Crippen molar-refractivity contribution in [2.24, 2.45) is 0 Å². The third-order valence-corrected chi connectivity index (χ3v) is 3.93. The highest BCUT2D eigenvalue weighted by molar-refractivity contribution is 5.95. The Labute approximate surface area is 149 Å². The molecule has 6 heteroatoms. The third-order valence-electron chi connectivity index (χ3n) is 3.93. The molecule has 0 unspecified atom stereocenters. The van der Waals surface area contributed by atoms with E-state index in [1.54, 1.807) is 17.9 Å². The standard InChI is InChI=1S/C19H28N2O4/c1-5-24-17(22)15-8-6-7-9-16(15)20-14-10-12-21(13-11-14)18(23)25-19(2,3)4/h6-9,14,20H,5,10-13H2,1-4H3. The Bertz CT molecular complexity index is 602. The lowest BCUT2D eigenvalue weighted by atomic mass is 10.0. The average Bonchev–Trinajstić information content (AvgIpc) is 2.54. The lowest BCUT2D eigenvalue weighted by Crippen LogP contribution is -2.44. The van der Waals surface area contributed by atoms with Gasteiger partial charge in [0.25, 0.3) is 0 Å². The second kappa shape index (κ2) is 8.23. The lowest BCUT2D eigenvalue weighted by Gasteiger charge is -2.34. The molecule has 1 heterocycles. The lowest BCUT2D eigenvalue weighted by molar-refractivity contribution is 0.0210. The molecule has 1 fully saturated rings. The van der Waals surface area contributed by atoms with Crippen molar-refractivity contribution in [1.82, 2.24) is 4.90 Å². The number of amides is 1. The van der Waals surface area contributed by atoms with Gasteiger partial charge in [0.15, 0.2) is 0 Å². The van der Waals surface area contributed by atoms with Crippen molar-refractivity contribution in [3.8, 4) is 0 Å². The molecule has 1 aliphatic heterocycles. The van der Waals surface area contributed by atoms with Crippen molar-refractivity contribution < 1.29 is 19.1 Å². The van der Waals surface area contributed by atoms with E-state index in [-0.39, 0.29) is 18.1 Å². The van der Waals surface area contributed by atoms with Crippen LogP contribution in [0, 0.1) is 0 Å². The number of carbonyl (C=O) groups excluding carboxylic acids is 2. The highest BCUT2D eigenvalue weighted by atomic mass is 16.6. The molecular formula is C19H28N2O4. The fourth-order valence-corrected chi connectivity index (χ4v) is 2.75. The van der Waals surface area contributed by atoms with Crippen molar-refractivity contribution in [3.05, 3.63) is 29.8 Å². The minimum atomic E-state index is -0.481. The normalized spacial score (nSPS) is 15.6. The molecule has 0 aliphatic carbocycles. The number of nitrogens with one attached hydrogen (secondary N) is 1. The maximum atomic E-state index is 12.1. The Hall–Kier alpha value is -2.24. The molecule has 1 aromatic rings. The molecular weight excluding hydrogens is 320 g/mol. The van der Waals surface area contributed by atoms with E-state index in [0.29, 0.717) is 25.3 Å². The van der Waals surface area contributed by atoms with Crippen LogP contribution in [0.5, 0.6) is 0 Å². The van der Waals surface area contributed by atoms with Gasteiger partial charge in [0.2, 0.25) is 0 Å².